The van der Waals surface area contributed by atoms with Gasteiger partial charge in [0.05, 0.1) is 17.1 Å². The van der Waals surface area contributed by atoms with Gasteiger partial charge >= 0.3 is 0 Å². The summed E-state index contributed by atoms with van der Waals surface area (Å²) in [6, 6.07) is 3.80. The Labute approximate surface area is 111 Å². The molecule has 0 heterocycles. The molecular weight excluding hydrogens is 268 g/mol. The summed E-state index contributed by atoms with van der Waals surface area (Å²) in [4.78, 5) is 0. The van der Waals surface area contributed by atoms with Crippen molar-refractivity contribution in [3.8, 4) is 0 Å². The van der Waals surface area contributed by atoms with Crippen molar-refractivity contribution in [3.63, 3.8) is 0 Å². The quantitative estimate of drug-likeness (QED) is 0.782. The fraction of sp³-hybridized carbons (Fsp3) is 0.400. The summed E-state index contributed by atoms with van der Waals surface area (Å²) >= 11 is 17.9. The maximum absolute atomic E-state index is 5.97. The lowest BCUT2D eigenvalue weighted by atomic mass is 10.1. The molecule has 0 aliphatic rings. The largest absolute Gasteiger partial charge is 0.288 e. The van der Waals surface area contributed by atoms with Crippen LogP contribution in [0.25, 0.3) is 0 Å². The number of halogens is 3. The Morgan fingerprint density at radius 2 is 1.19 bits per heavy atom. The molecule has 1 aromatic carbocycles. The van der Waals surface area contributed by atoms with E-state index in [9.17, 15) is 0 Å². The highest BCUT2D eigenvalue weighted by Gasteiger charge is 2.13. The van der Waals surface area contributed by atoms with Crippen molar-refractivity contribution < 1.29 is 0 Å². The number of anilines is 3. The minimum Gasteiger partial charge on any atom is -0.288 e. The monoisotopic (exact) mass is 281 g/mol. The zero-order valence-electron chi connectivity index (χ0n) is 9.63. The van der Waals surface area contributed by atoms with E-state index in [1.807, 2.05) is 19.1 Å². The Balaban J connectivity index is 3.39. The van der Waals surface area contributed by atoms with Crippen LogP contribution in [-0.2, 0) is 0 Å². The van der Waals surface area contributed by atoms with E-state index < -0.39 is 0 Å². The van der Waals surface area contributed by atoms with Crippen LogP contribution in [0.1, 0.15) is 5.56 Å². The van der Waals surface area contributed by atoms with Gasteiger partial charge in [-0.3, -0.25) is 13.3 Å². The second kappa shape index (κ2) is 5.21. The molecule has 0 bridgehead atoms. The molecule has 0 amide bonds. The SMILES string of the molecule is Cc1c(N(C)Cl)cc(N(C)Cl)cc1N(C)Cl. The molecule has 6 heteroatoms. The summed E-state index contributed by atoms with van der Waals surface area (Å²) in [7, 11) is 5.28. The van der Waals surface area contributed by atoms with E-state index >= 15 is 0 Å². The molecule has 0 aliphatic heterocycles. The van der Waals surface area contributed by atoms with E-state index in [4.69, 9.17) is 35.3 Å². The molecule has 16 heavy (non-hydrogen) atoms. The molecule has 0 fully saturated rings. The van der Waals surface area contributed by atoms with E-state index in [2.05, 4.69) is 0 Å². The Kier molecular flexibility index (Phi) is 4.42. The first kappa shape index (κ1) is 13.6. The summed E-state index contributed by atoms with van der Waals surface area (Å²) < 4.78 is 4.53. The third-order valence-electron chi connectivity index (χ3n) is 2.36. The third-order valence-corrected chi connectivity index (χ3v) is 2.92. The fourth-order valence-electron chi connectivity index (χ4n) is 1.49. The van der Waals surface area contributed by atoms with Crippen molar-refractivity contribution >= 4 is 52.4 Å². The molecular formula is C10H14Cl3N3. The molecule has 0 spiro atoms. The Morgan fingerprint density at radius 3 is 1.44 bits per heavy atom. The minimum atomic E-state index is 0.831. The van der Waals surface area contributed by atoms with Crippen LogP contribution in [0.5, 0.6) is 0 Å². The van der Waals surface area contributed by atoms with Gasteiger partial charge in [0, 0.05) is 56.5 Å². The first-order valence-corrected chi connectivity index (χ1v) is 5.69. The molecule has 0 atom stereocenters. The second-order valence-electron chi connectivity index (χ2n) is 3.54. The predicted molar refractivity (Wildman–Crippen MR) is 73.9 cm³/mol. The first-order valence-electron chi connectivity index (χ1n) is 4.67. The molecule has 0 aromatic heterocycles. The van der Waals surface area contributed by atoms with Crippen LogP contribution in [-0.4, -0.2) is 21.1 Å². The molecule has 0 N–H and O–H groups in total. The van der Waals surface area contributed by atoms with Crippen LogP contribution >= 0.6 is 35.3 Å². The molecule has 0 aliphatic carbocycles. The highest BCUT2D eigenvalue weighted by Crippen LogP contribution is 2.35. The highest BCUT2D eigenvalue weighted by atomic mass is 35.5. The zero-order chi connectivity index (χ0) is 12.5. The summed E-state index contributed by atoms with van der Waals surface area (Å²) in [6.45, 7) is 1.96. The van der Waals surface area contributed by atoms with Gasteiger partial charge in [0.1, 0.15) is 0 Å². The van der Waals surface area contributed by atoms with Crippen LogP contribution in [0.4, 0.5) is 17.1 Å². The van der Waals surface area contributed by atoms with Crippen molar-refractivity contribution in [2.45, 2.75) is 6.92 Å². The summed E-state index contributed by atoms with van der Waals surface area (Å²) in [5.41, 5.74) is 3.57. The standard InChI is InChI=1S/C10H14Cl3N3/c1-7-9(15(3)12)5-8(14(2)11)6-10(7)16(4)13/h5-6H,1-4H3. The Bertz CT molecular complexity index is 349. The maximum atomic E-state index is 5.97. The van der Waals surface area contributed by atoms with Crippen molar-refractivity contribution in [3.05, 3.63) is 17.7 Å². The van der Waals surface area contributed by atoms with Crippen molar-refractivity contribution in [2.24, 2.45) is 0 Å². The number of hydrogen-bond acceptors (Lipinski definition) is 3. The molecule has 0 unspecified atom stereocenters. The van der Waals surface area contributed by atoms with Crippen molar-refractivity contribution in [1.82, 2.24) is 0 Å². The van der Waals surface area contributed by atoms with E-state index in [0.717, 1.165) is 22.6 Å². The fourth-order valence-corrected chi connectivity index (χ4v) is 1.94. The lowest BCUT2D eigenvalue weighted by Crippen LogP contribution is -2.11. The van der Waals surface area contributed by atoms with E-state index in [-0.39, 0.29) is 0 Å². The normalized spacial score (nSPS) is 10.2. The van der Waals surface area contributed by atoms with Crippen molar-refractivity contribution in [1.29, 1.82) is 0 Å². The summed E-state index contributed by atoms with van der Waals surface area (Å²) in [5, 5.41) is 0. The van der Waals surface area contributed by atoms with Crippen LogP contribution in [0.2, 0.25) is 0 Å². The highest BCUT2D eigenvalue weighted by molar-refractivity contribution is 6.28. The average Bonchev–Trinajstić information content (AvgIpc) is 2.16. The minimum absolute atomic E-state index is 0.831. The lowest BCUT2D eigenvalue weighted by Gasteiger charge is -2.22. The van der Waals surface area contributed by atoms with Gasteiger partial charge in [-0.25, -0.2) is 0 Å². The lowest BCUT2D eigenvalue weighted by molar-refractivity contribution is 1.23. The van der Waals surface area contributed by atoms with Gasteiger partial charge in [0.2, 0.25) is 0 Å². The number of hydrogen-bond donors (Lipinski definition) is 0. The van der Waals surface area contributed by atoms with Gasteiger partial charge in [0.25, 0.3) is 0 Å². The Morgan fingerprint density at radius 1 is 0.812 bits per heavy atom. The van der Waals surface area contributed by atoms with Gasteiger partial charge in [0.15, 0.2) is 0 Å². The molecule has 0 saturated carbocycles. The predicted octanol–water partition coefficient (Wildman–Crippen LogP) is 3.77. The number of rotatable bonds is 3. The van der Waals surface area contributed by atoms with Gasteiger partial charge in [-0.15, -0.1) is 0 Å². The average molecular weight is 283 g/mol. The maximum Gasteiger partial charge on any atom is 0.0591 e. The summed E-state index contributed by atoms with van der Waals surface area (Å²) in [5.74, 6) is 0. The Hall–Kier alpha value is -0.510. The van der Waals surface area contributed by atoms with Crippen LogP contribution in [0, 0.1) is 6.92 Å². The summed E-state index contributed by atoms with van der Waals surface area (Å²) in [6.07, 6.45) is 0. The van der Waals surface area contributed by atoms with Gasteiger partial charge in [-0.05, 0) is 24.6 Å². The number of benzene rings is 1. The zero-order valence-corrected chi connectivity index (χ0v) is 11.9. The molecule has 0 radical (unpaired) electrons. The molecule has 90 valence electrons. The molecule has 0 saturated heterocycles. The van der Waals surface area contributed by atoms with E-state index in [1.165, 1.54) is 13.3 Å². The van der Waals surface area contributed by atoms with Gasteiger partial charge in [-0.1, -0.05) is 0 Å². The molecule has 1 aromatic rings. The van der Waals surface area contributed by atoms with Crippen molar-refractivity contribution in [2.75, 3.05) is 34.4 Å². The topological polar surface area (TPSA) is 9.72 Å². The van der Waals surface area contributed by atoms with Gasteiger partial charge < -0.3 is 0 Å². The van der Waals surface area contributed by atoms with E-state index in [1.54, 1.807) is 21.1 Å². The van der Waals surface area contributed by atoms with E-state index in [0.29, 0.717) is 0 Å². The van der Waals surface area contributed by atoms with Gasteiger partial charge in [-0.2, -0.15) is 0 Å². The second-order valence-corrected chi connectivity index (χ2v) is 5.06. The smallest absolute Gasteiger partial charge is 0.0591 e. The van der Waals surface area contributed by atoms with Crippen LogP contribution in [0.3, 0.4) is 0 Å². The molecule has 1 rings (SSSR count). The van der Waals surface area contributed by atoms with Crippen LogP contribution < -0.4 is 13.3 Å². The third kappa shape index (κ3) is 2.78. The van der Waals surface area contributed by atoms with Crippen LogP contribution in [0.15, 0.2) is 12.1 Å². The number of nitrogens with zero attached hydrogens (tertiary/aromatic N) is 3. The molecule has 3 nitrogen and oxygen atoms in total. The first-order chi connectivity index (χ1) is 7.34.